The number of amides is 1. The molecule has 5 nitrogen and oxygen atoms in total. The zero-order chi connectivity index (χ0) is 17.9. The van der Waals surface area contributed by atoms with Gasteiger partial charge in [0.2, 0.25) is 15.9 Å². The first-order chi connectivity index (χ1) is 11.1. The van der Waals surface area contributed by atoms with Crippen molar-refractivity contribution in [2.24, 2.45) is 0 Å². The Hall–Kier alpha value is -1.76. The molecule has 0 aliphatic carbocycles. The van der Waals surface area contributed by atoms with Gasteiger partial charge in [-0.2, -0.15) is 0 Å². The largest absolute Gasteiger partial charge is 0.324 e. The minimum Gasteiger partial charge on any atom is -0.324 e. The van der Waals surface area contributed by atoms with E-state index in [2.05, 4.69) is 5.32 Å². The number of anilines is 2. The molecule has 0 aliphatic heterocycles. The quantitative estimate of drug-likeness (QED) is 0.851. The average molecular weight is 387 g/mol. The van der Waals surface area contributed by atoms with Crippen molar-refractivity contribution in [3.63, 3.8) is 0 Å². The smallest absolute Gasteiger partial charge is 0.245 e. The first-order valence-electron chi connectivity index (χ1n) is 6.95. The Morgan fingerprint density at radius 2 is 1.75 bits per heavy atom. The van der Waals surface area contributed by atoms with Crippen molar-refractivity contribution < 1.29 is 13.2 Å². The number of carbonyl (C=O) groups is 1. The second-order valence-corrected chi connectivity index (χ2v) is 8.09. The molecule has 0 spiro atoms. The van der Waals surface area contributed by atoms with E-state index in [-0.39, 0.29) is 6.54 Å². The highest BCUT2D eigenvalue weighted by molar-refractivity contribution is 7.92. The van der Waals surface area contributed by atoms with Crippen LogP contribution >= 0.6 is 23.2 Å². The van der Waals surface area contributed by atoms with Gasteiger partial charge < -0.3 is 5.32 Å². The van der Waals surface area contributed by atoms with Gasteiger partial charge in [0.1, 0.15) is 6.54 Å². The van der Waals surface area contributed by atoms with Gasteiger partial charge in [-0.25, -0.2) is 8.42 Å². The summed E-state index contributed by atoms with van der Waals surface area (Å²) in [4.78, 5) is 12.2. The number of nitrogens with zero attached hydrogens (tertiary/aromatic N) is 1. The molecule has 0 saturated heterocycles. The lowest BCUT2D eigenvalue weighted by atomic mass is 10.2. The van der Waals surface area contributed by atoms with Crippen LogP contribution in [0.5, 0.6) is 0 Å². The average Bonchev–Trinajstić information content (AvgIpc) is 2.42. The lowest BCUT2D eigenvalue weighted by molar-refractivity contribution is -0.114. The van der Waals surface area contributed by atoms with Crippen molar-refractivity contribution in [3.05, 3.63) is 58.1 Å². The van der Waals surface area contributed by atoms with Gasteiger partial charge in [-0.3, -0.25) is 9.10 Å². The molecule has 1 N–H and O–H groups in total. The van der Waals surface area contributed by atoms with E-state index in [4.69, 9.17) is 23.2 Å². The molecule has 0 unspecified atom stereocenters. The predicted octanol–water partition coefficient (Wildman–Crippen LogP) is 3.71. The zero-order valence-electron chi connectivity index (χ0n) is 13.1. The van der Waals surface area contributed by atoms with Crippen LogP contribution in [0.15, 0.2) is 42.5 Å². The number of benzene rings is 2. The van der Waals surface area contributed by atoms with Crippen molar-refractivity contribution in [3.8, 4) is 0 Å². The van der Waals surface area contributed by atoms with Gasteiger partial charge in [0, 0.05) is 15.7 Å². The minimum absolute atomic E-state index is 0.355. The van der Waals surface area contributed by atoms with Crippen LogP contribution in [0.4, 0.5) is 11.4 Å². The molecule has 0 fully saturated rings. The molecule has 0 saturated carbocycles. The molecule has 0 radical (unpaired) electrons. The van der Waals surface area contributed by atoms with Crippen LogP contribution in [0.1, 0.15) is 5.56 Å². The zero-order valence-corrected chi connectivity index (χ0v) is 15.4. The first kappa shape index (κ1) is 18.6. The highest BCUT2D eigenvalue weighted by Crippen LogP contribution is 2.23. The normalized spacial score (nSPS) is 11.2. The van der Waals surface area contributed by atoms with E-state index in [1.165, 1.54) is 18.2 Å². The Kier molecular flexibility index (Phi) is 5.74. The maximum atomic E-state index is 12.2. The summed E-state index contributed by atoms with van der Waals surface area (Å²) in [5.74, 6) is -0.500. The number of carbonyl (C=O) groups excluding carboxylic acids is 1. The number of aryl methyl sites for hydroxylation is 1. The van der Waals surface area contributed by atoms with Crippen LogP contribution in [0.3, 0.4) is 0 Å². The molecule has 0 heterocycles. The molecular formula is C16H16Cl2N2O3S. The Morgan fingerprint density at radius 3 is 2.29 bits per heavy atom. The van der Waals surface area contributed by atoms with Gasteiger partial charge in [-0.05, 0) is 42.8 Å². The molecule has 0 bridgehead atoms. The summed E-state index contributed by atoms with van der Waals surface area (Å²) >= 11 is 11.8. The molecule has 0 aromatic heterocycles. The molecule has 24 heavy (non-hydrogen) atoms. The standard InChI is InChI=1S/C16H16Cl2N2O3S/c1-11-4-3-5-15(6-11)20(24(2,22)23)10-16(21)19-14-8-12(17)7-13(18)9-14/h3-9H,10H2,1-2H3,(H,19,21). The number of rotatable bonds is 5. The van der Waals surface area contributed by atoms with Crippen LogP contribution < -0.4 is 9.62 Å². The van der Waals surface area contributed by atoms with E-state index >= 15 is 0 Å². The Balaban J connectivity index is 2.22. The van der Waals surface area contributed by atoms with Gasteiger partial charge in [0.15, 0.2) is 0 Å². The lowest BCUT2D eigenvalue weighted by Crippen LogP contribution is -2.37. The summed E-state index contributed by atoms with van der Waals surface area (Å²) in [5.41, 5.74) is 1.72. The third-order valence-corrected chi connectivity index (χ3v) is 4.70. The third-order valence-electron chi connectivity index (χ3n) is 3.12. The summed E-state index contributed by atoms with van der Waals surface area (Å²) in [6, 6.07) is 11.5. The van der Waals surface area contributed by atoms with E-state index in [0.717, 1.165) is 16.1 Å². The molecule has 1 amide bonds. The van der Waals surface area contributed by atoms with Gasteiger partial charge in [0.25, 0.3) is 0 Å². The predicted molar refractivity (Wildman–Crippen MR) is 98.5 cm³/mol. The van der Waals surface area contributed by atoms with Gasteiger partial charge in [-0.1, -0.05) is 35.3 Å². The molecule has 0 atom stereocenters. The number of hydrogen-bond acceptors (Lipinski definition) is 3. The second-order valence-electron chi connectivity index (χ2n) is 5.31. The van der Waals surface area contributed by atoms with Crippen LogP contribution in [0.2, 0.25) is 10.0 Å². The van der Waals surface area contributed by atoms with Crippen LogP contribution in [-0.4, -0.2) is 27.1 Å². The van der Waals surface area contributed by atoms with Gasteiger partial charge >= 0.3 is 0 Å². The van der Waals surface area contributed by atoms with E-state index in [1.54, 1.807) is 18.2 Å². The molecule has 2 rings (SSSR count). The molecular weight excluding hydrogens is 371 g/mol. The van der Waals surface area contributed by atoms with E-state index in [9.17, 15) is 13.2 Å². The SMILES string of the molecule is Cc1cccc(N(CC(=O)Nc2cc(Cl)cc(Cl)c2)S(C)(=O)=O)c1. The highest BCUT2D eigenvalue weighted by Gasteiger charge is 2.21. The summed E-state index contributed by atoms with van der Waals surface area (Å²) in [6.45, 7) is 1.49. The van der Waals surface area contributed by atoms with Crippen LogP contribution in [-0.2, 0) is 14.8 Å². The number of sulfonamides is 1. The molecule has 128 valence electrons. The van der Waals surface area contributed by atoms with Crippen molar-refractivity contribution >= 4 is 50.5 Å². The topological polar surface area (TPSA) is 66.5 Å². The summed E-state index contributed by atoms with van der Waals surface area (Å²) in [7, 11) is -3.62. The third kappa shape index (κ3) is 5.12. The molecule has 2 aromatic rings. The van der Waals surface area contributed by atoms with E-state index in [0.29, 0.717) is 21.4 Å². The minimum atomic E-state index is -3.62. The molecule has 8 heteroatoms. The van der Waals surface area contributed by atoms with Crippen molar-refractivity contribution in [1.29, 1.82) is 0 Å². The maximum Gasteiger partial charge on any atom is 0.245 e. The summed E-state index contributed by atoms with van der Waals surface area (Å²) < 4.78 is 25.1. The lowest BCUT2D eigenvalue weighted by Gasteiger charge is -2.22. The monoisotopic (exact) mass is 386 g/mol. The first-order valence-corrected chi connectivity index (χ1v) is 9.56. The summed E-state index contributed by atoms with van der Waals surface area (Å²) in [5, 5.41) is 3.34. The maximum absolute atomic E-state index is 12.2. The highest BCUT2D eigenvalue weighted by atomic mass is 35.5. The number of nitrogens with one attached hydrogen (secondary N) is 1. The van der Waals surface area contributed by atoms with Crippen molar-refractivity contribution in [2.45, 2.75) is 6.92 Å². The van der Waals surface area contributed by atoms with Crippen LogP contribution in [0.25, 0.3) is 0 Å². The van der Waals surface area contributed by atoms with Gasteiger partial charge in [0.05, 0.1) is 11.9 Å². The van der Waals surface area contributed by atoms with E-state index in [1.807, 2.05) is 13.0 Å². The Morgan fingerprint density at radius 1 is 1.12 bits per heavy atom. The van der Waals surface area contributed by atoms with E-state index < -0.39 is 15.9 Å². The molecule has 2 aromatic carbocycles. The fraction of sp³-hybridized carbons (Fsp3) is 0.188. The second kappa shape index (κ2) is 7.42. The van der Waals surface area contributed by atoms with Crippen molar-refractivity contribution in [2.75, 3.05) is 22.4 Å². The molecule has 0 aliphatic rings. The number of hydrogen-bond donors (Lipinski definition) is 1. The fourth-order valence-corrected chi connectivity index (χ4v) is 3.51. The Bertz CT molecular complexity index is 849. The van der Waals surface area contributed by atoms with Crippen LogP contribution in [0, 0.1) is 6.92 Å². The van der Waals surface area contributed by atoms with Gasteiger partial charge in [-0.15, -0.1) is 0 Å². The fourth-order valence-electron chi connectivity index (χ4n) is 2.14. The number of halogens is 2. The van der Waals surface area contributed by atoms with Crippen molar-refractivity contribution in [1.82, 2.24) is 0 Å². The Labute approximate surface area is 151 Å². The summed E-state index contributed by atoms with van der Waals surface area (Å²) in [6.07, 6.45) is 1.05.